The molecule has 4 bridgehead atoms. The maximum Gasteiger partial charge on any atom is 0.160 e. The van der Waals surface area contributed by atoms with Crippen molar-refractivity contribution in [3.8, 4) is 73.4 Å². The third-order valence-corrected chi connectivity index (χ3v) is 13.4. The standard InChI is InChI=1S/C51H38FN3/c52-43-18-15-38(16-19-43)49-29-48(54-50(55-49)39-13-9-35(10-14-39)34-4-2-1-3-5-34)37-11-7-36(8-12-37)40-17-21-46-45(28-40)44-20-6-31(30-53)27-47(44)51(46)41-23-32-22-33(25-41)26-42(51)24-32/h1-21,27-29,32-33,41-42H,22-26H2. The molecule has 3 nitrogen and oxygen atoms in total. The number of halogens is 1. The molecule has 4 saturated carbocycles. The first kappa shape index (κ1) is 32.3. The van der Waals surface area contributed by atoms with E-state index in [4.69, 9.17) is 9.97 Å². The van der Waals surface area contributed by atoms with E-state index >= 15 is 0 Å². The van der Waals surface area contributed by atoms with E-state index in [1.807, 2.05) is 30.3 Å². The molecule has 4 fully saturated rings. The zero-order valence-electron chi connectivity index (χ0n) is 30.4. The van der Waals surface area contributed by atoms with Crippen LogP contribution in [0, 0.1) is 40.8 Å². The van der Waals surface area contributed by atoms with Crippen molar-refractivity contribution in [3.63, 3.8) is 0 Å². The zero-order valence-corrected chi connectivity index (χ0v) is 30.4. The molecular formula is C51H38FN3. The van der Waals surface area contributed by atoms with Gasteiger partial charge in [-0.2, -0.15) is 5.26 Å². The van der Waals surface area contributed by atoms with Crippen LogP contribution in [-0.2, 0) is 5.41 Å². The molecule has 1 aromatic heterocycles. The van der Waals surface area contributed by atoms with Crippen LogP contribution in [-0.4, -0.2) is 9.97 Å². The van der Waals surface area contributed by atoms with Crippen LogP contribution in [0.2, 0.25) is 0 Å². The molecule has 5 aliphatic carbocycles. The third-order valence-electron chi connectivity index (χ3n) is 13.4. The Morgan fingerprint density at radius 2 is 1.04 bits per heavy atom. The van der Waals surface area contributed by atoms with Crippen molar-refractivity contribution in [1.82, 2.24) is 9.97 Å². The van der Waals surface area contributed by atoms with Crippen molar-refractivity contribution < 1.29 is 4.39 Å². The highest BCUT2D eigenvalue weighted by atomic mass is 19.1. The lowest BCUT2D eigenvalue weighted by Gasteiger charge is -2.61. The summed E-state index contributed by atoms with van der Waals surface area (Å²) in [6.45, 7) is 0. The summed E-state index contributed by atoms with van der Waals surface area (Å²) in [6.07, 6.45) is 6.69. The molecule has 55 heavy (non-hydrogen) atoms. The predicted octanol–water partition coefficient (Wildman–Crippen LogP) is 12.5. The summed E-state index contributed by atoms with van der Waals surface area (Å²) in [6, 6.07) is 51.9. The van der Waals surface area contributed by atoms with Gasteiger partial charge in [0.25, 0.3) is 0 Å². The maximum absolute atomic E-state index is 13.9. The number of nitriles is 1. The van der Waals surface area contributed by atoms with Crippen LogP contribution < -0.4 is 0 Å². The van der Waals surface area contributed by atoms with Crippen LogP contribution in [0.4, 0.5) is 4.39 Å². The maximum atomic E-state index is 13.9. The Hall–Kier alpha value is -6.18. The second-order valence-electron chi connectivity index (χ2n) is 16.3. The van der Waals surface area contributed by atoms with Gasteiger partial charge in [-0.25, -0.2) is 14.4 Å². The molecule has 1 spiro atoms. The monoisotopic (exact) mass is 711 g/mol. The minimum atomic E-state index is -0.277. The second kappa shape index (κ2) is 12.4. The van der Waals surface area contributed by atoms with Crippen molar-refractivity contribution in [2.24, 2.45) is 23.7 Å². The van der Waals surface area contributed by atoms with Gasteiger partial charge in [0.05, 0.1) is 23.0 Å². The quantitative estimate of drug-likeness (QED) is 0.179. The summed E-state index contributed by atoms with van der Waals surface area (Å²) < 4.78 is 13.9. The normalized spacial score (nSPS) is 22.7. The number of fused-ring (bicyclic) bond motifs is 3. The fraction of sp³-hybridized carbons (Fsp3) is 0.196. The Morgan fingerprint density at radius 1 is 0.491 bits per heavy atom. The first-order chi connectivity index (χ1) is 27.0. The highest BCUT2D eigenvalue weighted by Gasteiger charge is 2.61. The molecule has 6 aromatic carbocycles. The Bertz CT molecular complexity index is 2630. The van der Waals surface area contributed by atoms with Gasteiger partial charge in [0.1, 0.15) is 5.82 Å². The number of nitrogens with zero attached hydrogens (tertiary/aromatic N) is 3. The summed E-state index contributed by atoms with van der Waals surface area (Å²) in [5.41, 5.74) is 15.3. The zero-order chi connectivity index (χ0) is 36.7. The summed E-state index contributed by atoms with van der Waals surface area (Å²) >= 11 is 0. The molecule has 0 radical (unpaired) electrons. The van der Waals surface area contributed by atoms with Crippen LogP contribution in [0.15, 0.2) is 146 Å². The van der Waals surface area contributed by atoms with E-state index < -0.39 is 0 Å². The minimum absolute atomic E-state index is 0.0299. The van der Waals surface area contributed by atoms with Crippen molar-refractivity contribution in [2.75, 3.05) is 0 Å². The SMILES string of the molecule is N#Cc1ccc2c(c1)C1(c3ccc(-c4ccc(-c5cc(-c6ccc(F)cc6)nc(-c6ccc(-c7ccccc7)cc6)n5)cc4)cc3-2)C2CC3CC(C2)CC1C3. The lowest BCUT2D eigenvalue weighted by molar-refractivity contribution is -0.0399. The molecule has 0 atom stereocenters. The van der Waals surface area contributed by atoms with Gasteiger partial charge in [0.15, 0.2) is 5.82 Å². The first-order valence-electron chi connectivity index (χ1n) is 19.6. The van der Waals surface area contributed by atoms with E-state index in [-0.39, 0.29) is 11.2 Å². The lowest BCUT2D eigenvalue weighted by Crippen LogP contribution is -2.55. The average molecular weight is 712 g/mol. The molecule has 4 heteroatoms. The molecule has 12 rings (SSSR count). The topological polar surface area (TPSA) is 49.6 Å². The number of hydrogen-bond acceptors (Lipinski definition) is 3. The molecule has 0 aliphatic heterocycles. The Kier molecular flexibility index (Phi) is 7.29. The van der Waals surface area contributed by atoms with E-state index in [0.717, 1.165) is 62.2 Å². The lowest BCUT2D eigenvalue weighted by atomic mass is 9.43. The highest BCUT2D eigenvalue weighted by Crippen LogP contribution is 2.69. The smallest absolute Gasteiger partial charge is 0.160 e. The van der Waals surface area contributed by atoms with Crippen LogP contribution in [0.1, 0.15) is 48.8 Å². The number of rotatable bonds is 5. The van der Waals surface area contributed by atoms with E-state index in [9.17, 15) is 9.65 Å². The van der Waals surface area contributed by atoms with E-state index in [2.05, 4.69) is 97.1 Å². The van der Waals surface area contributed by atoms with Gasteiger partial charge in [0, 0.05) is 22.1 Å². The number of hydrogen-bond donors (Lipinski definition) is 0. The molecule has 7 aromatic rings. The second-order valence-corrected chi connectivity index (χ2v) is 16.3. The third kappa shape index (κ3) is 5.14. The first-order valence-corrected chi connectivity index (χ1v) is 19.6. The summed E-state index contributed by atoms with van der Waals surface area (Å²) in [7, 11) is 0. The predicted molar refractivity (Wildman–Crippen MR) is 217 cm³/mol. The average Bonchev–Trinajstić information content (AvgIpc) is 3.52. The van der Waals surface area contributed by atoms with Crippen LogP contribution >= 0.6 is 0 Å². The Balaban J connectivity index is 0.967. The van der Waals surface area contributed by atoms with E-state index in [0.29, 0.717) is 17.7 Å². The summed E-state index contributed by atoms with van der Waals surface area (Å²) in [4.78, 5) is 10.1. The Labute approximate surface area is 321 Å². The van der Waals surface area contributed by atoms with E-state index in [1.54, 1.807) is 12.1 Å². The fourth-order valence-corrected chi connectivity index (χ4v) is 11.2. The van der Waals surface area contributed by atoms with Gasteiger partial charge in [-0.15, -0.1) is 0 Å². The van der Waals surface area contributed by atoms with Gasteiger partial charge in [-0.05, 0) is 149 Å². The largest absolute Gasteiger partial charge is 0.228 e. The Morgan fingerprint density at radius 3 is 1.67 bits per heavy atom. The van der Waals surface area contributed by atoms with Gasteiger partial charge in [0.2, 0.25) is 0 Å². The van der Waals surface area contributed by atoms with Crippen LogP contribution in [0.25, 0.3) is 67.3 Å². The summed E-state index contributed by atoms with van der Waals surface area (Å²) in [5, 5.41) is 9.96. The number of aromatic nitrogens is 2. The van der Waals surface area contributed by atoms with Gasteiger partial charge in [-0.1, -0.05) is 97.1 Å². The molecule has 0 unspecified atom stereocenters. The van der Waals surface area contributed by atoms with Gasteiger partial charge < -0.3 is 0 Å². The van der Waals surface area contributed by atoms with Crippen molar-refractivity contribution >= 4 is 0 Å². The minimum Gasteiger partial charge on any atom is -0.228 e. The summed E-state index contributed by atoms with van der Waals surface area (Å²) in [5.74, 6) is 3.40. The van der Waals surface area contributed by atoms with Gasteiger partial charge >= 0.3 is 0 Å². The van der Waals surface area contributed by atoms with Gasteiger partial charge in [-0.3, -0.25) is 0 Å². The molecule has 0 amide bonds. The van der Waals surface area contributed by atoms with Crippen molar-refractivity contribution in [3.05, 3.63) is 168 Å². The van der Waals surface area contributed by atoms with E-state index in [1.165, 1.54) is 72.1 Å². The molecule has 0 N–H and O–H groups in total. The molecule has 264 valence electrons. The molecular weight excluding hydrogens is 674 g/mol. The highest BCUT2D eigenvalue weighted by molar-refractivity contribution is 5.86. The van der Waals surface area contributed by atoms with Crippen LogP contribution in [0.3, 0.4) is 0 Å². The van der Waals surface area contributed by atoms with Crippen LogP contribution in [0.5, 0.6) is 0 Å². The van der Waals surface area contributed by atoms with Crippen molar-refractivity contribution in [1.29, 1.82) is 5.26 Å². The molecule has 0 saturated heterocycles. The fourth-order valence-electron chi connectivity index (χ4n) is 11.2. The van der Waals surface area contributed by atoms with Crippen molar-refractivity contribution in [2.45, 2.75) is 37.5 Å². The molecule has 5 aliphatic rings. The molecule has 1 heterocycles. The number of benzene rings is 6.